The van der Waals surface area contributed by atoms with Gasteiger partial charge in [0, 0.05) is 7.11 Å². The van der Waals surface area contributed by atoms with E-state index in [9.17, 15) is 18.3 Å². The Balaban J connectivity index is 2.53. The molecular weight excluding hydrogens is 367 g/mol. The van der Waals surface area contributed by atoms with Crippen molar-refractivity contribution in [2.24, 2.45) is 0 Å². The Kier molecular flexibility index (Phi) is 5.12. The van der Waals surface area contributed by atoms with Gasteiger partial charge < -0.3 is 15.2 Å². The fraction of sp³-hybridized carbons (Fsp3) is 0.462. The largest absolute Gasteiger partial charge is 0.393 e. The number of aliphatic hydroxyl groups excluding tert-OH is 1. The van der Waals surface area contributed by atoms with Crippen molar-refractivity contribution in [3.63, 3.8) is 0 Å². The topological polar surface area (TPSA) is 95.9 Å². The number of hydrogen-bond donors (Lipinski definition) is 2. The zero-order valence-electron chi connectivity index (χ0n) is 12.4. The van der Waals surface area contributed by atoms with Gasteiger partial charge in [0.15, 0.2) is 10.6 Å². The molecule has 0 saturated carbocycles. The van der Waals surface area contributed by atoms with Crippen LogP contribution in [0.5, 0.6) is 0 Å². The third kappa shape index (κ3) is 3.27. The number of rotatable bonds is 5. The highest BCUT2D eigenvalue weighted by Gasteiger charge is 2.56. The molecule has 1 aromatic rings. The van der Waals surface area contributed by atoms with Gasteiger partial charge in [0.1, 0.15) is 6.04 Å². The van der Waals surface area contributed by atoms with Crippen LogP contribution in [0.25, 0.3) is 0 Å². The average Bonchev–Trinajstić information content (AvgIpc) is 2.86. The van der Waals surface area contributed by atoms with Gasteiger partial charge in [-0.1, -0.05) is 40.9 Å². The first-order valence-electron chi connectivity index (χ1n) is 6.58. The summed E-state index contributed by atoms with van der Waals surface area (Å²) < 4.78 is 29.2. The zero-order valence-corrected chi connectivity index (χ0v) is 14.7. The number of amides is 2. The SMILES string of the molecule is CO[C@@H]1NC(=O)N(S(=O)(=O)c2ccc(C)cc2)[C@H]1C(Cl)(Cl)CO. The first-order valence-corrected chi connectivity index (χ1v) is 8.78. The highest BCUT2D eigenvalue weighted by molar-refractivity contribution is 7.89. The van der Waals surface area contributed by atoms with Crippen LogP contribution in [0.1, 0.15) is 5.56 Å². The third-order valence-corrected chi connectivity index (χ3v) is 5.95. The molecule has 23 heavy (non-hydrogen) atoms. The lowest BCUT2D eigenvalue weighted by atomic mass is 10.2. The Bertz CT molecular complexity index is 693. The smallest absolute Gasteiger partial charge is 0.333 e. The number of carbonyl (C=O) groups is 1. The Labute approximate surface area is 144 Å². The van der Waals surface area contributed by atoms with E-state index in [1.54, 1.807) is 19.1 Å². The molecule has 1 aliphatic rings. The number of methoxy groups -OCH3 is 1. The molecule has 1 aliphatic heterocycles. The average molecular weight is 383 g/mol. The molecule has 2 atom stereocenters. The van der Waals surface area contributed by atoms with Crippen molar-refractivity contribution >= 4 is 39.3 Å². The molecule has 2 rings (SSSR count). The monoisotopic (exact) mass is 382 g/mol. The molecule has 1 saturated heterocycles. The molecule has 2 amide bonds. The number of nitrogens with one attached hydrogen (secondary N) is 1. The molecule has 1 fully saturated rings. The number of urea groups is 1. The van der Waals surface area contributed by atoms with Crippen LogP contribution in [0, 0.1) is 6.92 Å². The number of halogens is 2. The van der Waals surface area contributed by atoms with Gasteiger partial charge in [0.2, 0.25) is 0 Å². The quantitative estimate of drug-likeness (QED) is 0.746. The minimum atomic E-state index is -4.23. The maximum atomic E-state index is 12.8. The first-order chi connectivity index (χ1) is 10.6. The van der Waals surface area contributed by atoms with Crippen LogP contribution in [-0.2, 0) is 14.8 Å². The van der Waals surface area contributed by atoms with Crippen molar-refractivity contribution in [1.29, 1.82) is 0 Å². The van der Waals surface area contributed by atoms with Gasteiger partial charge in [-0.25, -0.2) is 17.5 Å². The predicted octanol–water partition coefficient (Wildman–Crippen LogP) is 1.22. The Morgan fingerprint density at radius 2 is 1.91 bits per heavy atom. The summed E-state index contributed by atoms with van der Waals surface area (Å²) in [7, 11) is -2.96. The van der Waals surface area contributed by atoms with Crippen molar-refractivity contribution in [1.82, 2.24) is 9.62 Å². The second-order valence-electron chi connectivity index (χ2n) is 5.08. The van der Waals surface area contributed by atoms with E-state index in [0.717, 1.165) is 5.56 Å². The van der Waals surface area contributed by atoms with Crippen molar-refractivity contribution in [2.45, 2.75) is 28.4 Å². The summed E-state index contributed by atoms with van der Waals surface area (Å²) in [5.41, 5.74) is 0.862. The van der Waals surface area contributed by atoms with E-state index >= 15 is 0 Å². The van der Waals surface area contributed by atoms with Crippen LogP contribution in [-0.4, -0.2) is 54.2 Å². The lowest BCUT2D eigenvalue weighted by molar-refractivity contribution is 0.0535. The van der Waals surface area contributed by atoms with Crippen molar-refractivity contribution in [2.75, 3.05) is 13.7 Å². The third-order valence-electron chi connectivity index (χ3n) is 3.48. The summed E-state index contributed by atoms with van der Waals surface area (Å²) in [6.45, 7) is 1.03. The maximum Gasteiger partial charge on any atom is 0.333 e. The van der Waals surface area contributed by atoms with Crippen LogP contribution in [0.2, 0.25) is 0 Å². The molecule has 1 aromatic carbocycles. The Hall–Kier alpha value is -1.06. The van der Waals surface area contributed by atoms with E-state index in [0.29, 0.717) is 4.31 Å². The number of carbonyl (C=O) groups excluding carboxylic acids is 1. The van der Waals surface area contributed by atoms with E-state index in [-0.39, 0.29) is 4.90 Å². The number of ether oxygens (including phenoxy) is 1. The molecular formula is C13H16Cl2N2O5S. The van der Waals surface area contributed by atoms with E-state index in [1.807, 2.05) is 0 Å². The number of nitrogens with zero attached hydrogens (tertiary/aromatic N) is 1. The Morgan fingerprint density at radius 1 is 1.35 bits per heavy atom. The summed E-state index contributed by atoms with van der Waals surface area (Å²) >= 11 is 12.0. The number of sulfonamides is 1. The second-order valence-corrected chi connectivity index (χ2v) is 8.44. The van der Waals surface area contributed by atoms with Gasteiger partial charge in [-0.3, -0.25) is 0 Å². The summed E-state index contributed by atoms with van der Waals surface area (Å²) in [6.07, 6.45) is -1.09. The van der Waals surface area contributed by atoms with Crippen LogP contribution in [0.3, 0.4) is 0 Å². The normalized spacial score (nSPS) is 22.3. The van der Waals surface area contributed by atoms with E-state index in [1.165, 1.54) is 19.2 Å². The number of aliphatic hydroxyl groups is 1. The summed E-state index contributed by atoms with van der Waals surface area (Å²) in [6, 6.07) is 3.69. The number of alkyl halides is 2. The molecule has 0 spiro atoms. The fourth-order valence-electron chi connectivity index (χ4n) is 2.27. The molecule has 2 N–H and O–H groups in total. The first kappa shape index (κ1) is 18.3. The van der Waals surface area contributed by atoms with Crippen molar-refractivity contribution in [3.8, 4) is 0 Å². The van der Waals surface area contributed by atoms with Crippen LogP contribution < -0.4 is 5.32 Å². The van der Waals surface area contributed by atoms with Gasteiger partial charge in [0.25, 0.3) is 10.0 Å². The number of aryl methyl sites for hydroxylation is 1. The standard InChI is InChI=1S/C13H16Cl2N2O5S/c1-8-3-5-9(6-4-8)23(20,21)17-10(13(14,15)7-18)11(22-2)16-12(17)19/h3-6,10-11,18H,7H2,1-2H3,(H,16,19)/t10-,11+/m1/s1. The predicted molar refractivity (Wildman–Crippen MR) is 84.8 cm³/mol. The number of hydrogen-bond acceptors (Lipinski definition) is 5. The van der Waals surface area contributed by atoms with E-state index in [4.69, 9.17) is 27.9 Å². The molecule has 0 aliphatic carbocycles. The zero-order chi connectivity index (χ0) is 17.4. The lowest BCUT2D eigenvalue weighted by Gasteiger charge is -2.33. The van der Waals surface area contributed by atoms with Crippen LogP contribution in [0.4, 0.5) is 4.79 Å². The van der Waals surface area contributed by atoms with Gasteiger partial charge in [-0.05, 0) is 19.1 Å². The molecule has 0 bridgehead atoms. The molecule has 128 valence electrons. The lowest BCUT2D eigenvalue weighted by Crippen LogP contribution is -2.53. The van der Waals surface area contributed by atoms with Gasteiger partial charge in [-0.2, -0.15) is 0 Å². The summed E-state index contributed by atoms with van der Waals surface area (Å²) in [5, 5.41) is 11.7. The van der Waals surface area contributed by atoms with Crippen molar-refractivity contribution < 1.29 is 23.1 Å². The van der Waals surface area contributed by atoms with Gasteiger partial charge in [0.05, 0.1) is 11.5 Å². The highest BCUT2D eigenvalue weighted by Crippen LogP contribution is 2.37. The minimum Gasteiger partial charge on any atom is -0.393 e. The second kappa shape index (κ2) is 6.45. The van der Waals surface area contributed by atoms with E-state index < -0.39 is 39.3 Å². The molecule has 0 radical (unpaired) electrons. The van der Waals surface area contributed by atoms with Crippen LogP contribution >= 0.6 is 23.2 Å². The number of benzene rings is 1. The maximum absolute atomic E-state index is 12.8. The molecule has 0 aromatic heterocycles. The highest BCUT2D eigenvalue weighted by atomic mass is 35.5. The molecule has 0 unspecified atom stereocenters. The minimum absolute atomic E-state index is 0.0953. The van der Waals surface area contributed by atoms with Gasteiger partial charge in [-0.15, -0.1) is 0 Å². The Morgan fingerprint density at radius 3 is 2.39 bits per heavy atom. The summed E-state index contributed by atoms with van der Waals surface area (Å²) in [5.74, 6) is 0. The molecule has 1 heterocycles. The summed E-state index contributed by atoms with van der Waals surface area (Å²) in [4.78, 5) is 12.1. The van der Waals surface area contributed by atoms with Crippen molar-refractivity contribution in [3.05, 3.63) is 29.8 Å². The fourth-order valence-corrected chi connectivity index (χ4v) is 4.38. The molecule has 7 nitrogen and oxygen atoms in total. The van der Waals surface area contributed by atoms with Crippen LogP contribution in [0.15, 0.2) is 29.2 Å². The molecule has 10 heteroatoms. The van der Waals surface area contributed by atoms with Gasteiger partial charge >= 0.3 is 6.03 Å². The van der Waals surface area contributed by atoms with E-state index in [2.05, 4.69) is 5.32 Å².